The van der Waals surface area contributed by atoms with E-state index in [9.17, 15) is 30.6 Å². The molecule has 534 valence electrons. The zero-order valence-electron chi connectivity index (χ0n) is 56.9. The van der Waals surface area contributed by atoms with E-state index < -0.39 is 18.3 Å². The minimum atomic E-state index is -0.544. The zero-order chi connectivity index (χ0) is 67.8. The first kappa shape index (κ1) is 86.1. The van der Waals surface area contributed by atoms with Gasteiger partial charge in [-0.25, -0.2) is 0 Å². The Kier molecular flexibility index (Phi) is 44.7. The lowest BCUT2D eigenvalue weighted by Gasteiger charge is -2.39. The monoisotopic (exact) mass is 1280 g/mol. The molecule has 0 aliphatic heterocycles. The van der Waals surface area contributed by atoms with E-state index in [1.807, 2.05) is 0 Å². The quantitative estimate of drug-likeness (QED) is 0.0544. The van der Waals surface area contributed by atoms with Gasteiger partial charge in [0.1, 0.15) is 0 Å². The van der Waals surface area contributed by atoms with E-state index in [-0.39, 0.29) is 121 Å². The Hall–Kier alpha value is -0.960. The minimum Gasteiger partial charge on any atom is -0.393 e. The Morgan fingerprint density at radius 2 is 0.528 bits per heavy atom. The molecule has 18 unspecified atom stereocenters. The first-order valence-electron chi connectivity index (χ1n) is 35.1. The fraction of sp³-hybridized carbons (Fsp3) is 1.00. The molecule has 6 aliphatic carbocycles. The molecule has 0 radical (unpaired) electrons. The lowest BCUT2D eigenvalue weighted by Crippen LogP contribution is -2.55. The maximum Gasteiger partial charge on any atom is 0.0720 e. The molecule has 0 aromatic heterocycles. The zero-order valence-corrected chi connectivity index (χ0v) is 56.9. The van der Waals surface area contributed by atoms with Gasteiger partial charge in [-0.2, -0.15) is 0 Å². The second-order valence-corrected chi connectivity index (χ2v) is 29.8. The predicted molar refractivity (Wildman–Crippen MR) is 368 cm³/mol. The van der Waals surface area contributed by atoms with Crippen molar-refractivity contribution in [2.24, 2.45) is 174 Å². The maximum atomic E-state index is 9.87. The third kappa shape index (κ3) is 33.5. The number of rotatable bonds is 23. The van der Waals surface area contributed by atoms with Crippen LogP contribution in [0.4, 0.5) is 0 Å². The van der Waals surface area contributed by atoms with E-state index in [2.05, 4.69) is 41.5 Å². The SMILES string of the molecule is CC1CC(N)C(C(O)CN)C(N)C1.CC1CC(N)C(CC(O)CCCN)C(N)C1.CC1CC(N)C(CC(O)CCN)C(N)C1.CC1CC(N)C(CC(O)CN)C(N)C1.CC1CC(N)C(CCC(O)CN)C(N)C1.CC1CC(N)C(CCCC(O)CN)C(N)C1. The van der Waals surface area contributed by atoms with Gasteiger partial charge < -0.3 is 134 Å². The standard InChI is InChI=1S/2C12H27N3O.2C11H25N3O.C10H23N3O.C9H21N3O/c1-8-5-11(14)10(12(15)6-8)7-9(16)3-2-4-13;1-8-5-11(14)10(12(15)6-8)4-2-3-9(16)7-13;1-7-4-10(13)9(11(14)5-7)6-8(15)2-3-12;1-7-4-10(13)9(11(14)5-7)3-2-8(15)6-12;1-6-2-9(12)8(10(13)3-6)4-7(14)5-11;1-5-2-6(11)9(7(12)3-5)8(13)4-10/h2*8-12,16H,2-7,13-15H2,1H3;2*7-11,15H,2-6,12-14H2,1H3;6-10,14H,2-5,11-13H2,1H3;5-9,13H,2-4,10-12H2,1H3. The fourth-order valence-corrected chi connectivity index (χ4v) is 15.8. The minimum absolute atomic E-state index is 0.00250. The van der Waals surface area contributed by atoms with Crippen LogP contribution in [0.1, 0.15) is 189 Å². The summed E-state index contributed by atoms with van der Waals surface area (Å²) in [5, 5.41) is 57.5. The molecule has 0 saturated heterocycles. The van der Waals surface area contributed by atoms with Crippen LogP contribution >= 0.6 is 0 Å². The van der Waals surface area contributed by atoms with Crippen LogP contribution in [-0.4, -0.2) is 179 Å². The number of hydrogen-bond donors (Lipinski definition) is 24. The van der Waals surface area contributed by atoms with Crippen molar-refractivity contribution >= 4 is 0 Å². The summed E-state index contributed by atoms with van der Waals surface area (Å²) in [6.07, 6.45) is 18.6. The molecule has 0 bridgehead atoms. The summed E-state index contributed by atoms with van der Waals surface area (Å²) in [6.45, 7) is 15.5. The van der Waals surface area contributed by atoms with Crippen LogP contribution in [0.25, 0.3) is 0 Å². The van der Waals surface area contributed by atoms with Crippen LogP contribution in [0.3, 0.4) is 0 Å². The molecule has 89 heavy (non-hydrogen) atoms. The Balaban J connectivity index is 0.000000535. The van der Waals surface area contributed by atoms with Crippen molar-refractivity contribution in [1.82, 2.24) is 0 Å². The van der Waals surface area contributed by atoms with E-state index in [1.54, 1.807) is 0 Å². The van der Waals surface area contributed by atoms with E-state index in [4.69, 9.17) is 103 Å². The third-order valence-corrected chi connectivity index (χ3v) is 20.9. The molecule has 6 aliphatic rings. The predicted octanol–water partition coefficient (Wildman–Crippen LogP) is -1.67. The van der Waals surface area contributed by atoms with Crippen molar-refractivity contribution in [3.63, 3.8) is 0 Å². The van der Waals surface area contributed by atoms with Crippen molar-refractivity contribution in [2.45, 2.75) is 298 Å². The summed E-state index contributed by atoms with van der Waals surface area (Å²) in [6, 6.07) is 1.63. The molecule has 0 aromatic rings. The van der Waals surface area contributed by atoms with Gasteiger partial charge in [0, 0.05) is 105 Å². The Bertz CT molecular complexity index is 1660. The fourth-order valence-electron chi connectivity index (χ4n) is 15.8. The summed E-state index contributed by atoms with van der Waals surface area (Å²) >= 11 is 0. The van der Waals surface area contributed by atoms with Gasteiger partial charge in [0.05, 0.1) is 36.6 Å². The van der Waals surface area contributed by atoms with Crippen molar-refractivity contribution < 1.29 is 30.6 Å². The summed E-state index contributed by atoms with van der Waals surface area (Å²) in [4.78, 5) is 0. The molecule has 24 nitrogen and oxygen atoms in total. The molecule has 6 rings (SSSR count). The van der Waals surface area contributed by atoms with Crippen LogP contribution in [0.15, 0.2) is 0 Å². The first-order chi connectivity index (χ1) is 41.8. The molecule has 42 N–H and O–H groups in total. The van der Waals surface area contributed by atoms with Gasteiger partial charge in [0.25, 0.3) is 0 Å². The summed E-state index contributed by atoms with van der Waals surface area (Å²) < 4.78 is 0. The molecule has 0 aromatic carbocycles. The topological polar surface area (TPSA) is 590 Å². The van der Waals surface area contributed by atoms with Crippen LogP contribution < -0.4 is 103 Å². The van der Waals surface area contributed by atoms with Crippen LogP contribution in [-0.2, 0) is 0 Å². The summed E-state index contributed by atoms with van der Waals surface area (Å²) in [7, 11) is 0. The molecule has 0 heterocycles. The average Bonchev–Trinajstić information content (AvgIpc) is 3.04. The molecule has 6 saturated carbocycles. The summed E-state index contributed by atoms with van der Waals surface area (Å²) in [5.41, 5.74) is 105. The second kappa shape index (κ2) is 46.2. The van der Waals surface area contributed by atoms with E-state index in [0.717, 1.165) is 128 Å². The normalized spacial score (nSPS) is 39.3. The molecular weight excluding hydrogens is 1130 g/mol. The largest absolute Gasteiger partial charge is 0.393 e. The number of aliphatic hydroxyl groups excluding tert-OH is 6. The smallest absolute Gasteiger partial charge is 0.0720 e. The Labute approximate surface area is 540 Å². The van der Waals surface area contributed by atoms with Gasteiger partial charge in [-0.15, -0.1) is 0 Å². The van der Waals surface area contributed by atoms with Crippen LogP contribution in [0.5, 0.6) is 0 Å². The summed E-state index contributed by atoms with van der Waals surface area (Å²) in [5.74, 6) is 5.15. The van der Waals surface area contributed by atoms with Gasteiger partial charge in [-0.05, 0) is 219 Å². The second-order valence-electron chi connectivity index (χ2n) is 29.8. The van der Waals surface area contributed by atoms with Gasteiger partial charge in [-0.1, -0.05) is 48.0 Å². The number of nitrogens with two attached hydrogens (primary N) is 18. The van der Waals surface area contributed by atoms with E-state index in [1.165, 1.54) is 0 Å². The highest BCUT2D eigenvalue weighted by Gasteiger charge is 2.39. The molecule has 18 atom stereocenters. The highest BCUT2D eigenvalue weighted by Crippen LogP contribution is 2.35. The lowest BCUT2D eigenvalue weighted by atomic mass is 9.73. The molecular formula is C65H148N18O6. The van der Waals surface area contributed by atoms with Crippen molar-refractivity contribution in [1.29, 1.82) is 0 Å². The third-order valence-electron chi connectivity index (χ3n) is 20.9. The first-order valence-corrected chi connectivity index (χ1v) is 35.1. The maximum absolute atomic E-state index is 9.87. The molecule has 24 heteroatoms. The molecule has 0 amide bonds. The average molecular weight is 1280 g/mol. The van der Waals surface area contributed by atoms with Crippen LogP contribution in [0, 0.1) is 71.0 Å². The van der Waals surface area contributed by atoms with Crippen molar-refractivity contribution in [3.05, 3.63) is 0 Å². The van der Waals surface area contributed by atoms with Crippen LogP contribution in [0.2, 0.25) is 0 Å². The Morgan fingerprint density at radius 1 is 0.270 bits per heavy atom. The van der Waals surface area contributed by atoms with Gasteiger partial charge in [0.15, 0.2) is 0 Å². The number of hydrogen-bond acceptors (Lipinski definition) is 24. The van der Waals surface area contributed by atoms with Gasteiger partial charge in [-0.3, -0.25) is 0 Å². The van der Waals surface area contributed by atoms with Crippen molar-refractivity contribution in [3.8, 4) is 0 Å². The van der Waals surface area contributed by atoms with E-state index >= 15 is 0 Å². The van der Waals surface area contributed by atoms with Crippen molar-refractivity contribution in [2.75, 3.05) is 39.3 Å². The van der Waals surface area contributed by atoms with Gasteiger partial charge in [0.2, 0.25) is 0 Å². The molecule has 0 spiro atoms. The highest BCUT2D eigenvalue weighted by molar-refractivity contribution is 4.96. The number of aliphatic hydroxyl groups is 6. The Morgan fingerprint density at radius 3 is 0.820 bits per heavy atom. The lowest BCUT2D eigenvalue weighted by molar-refractivity contribution is 0.0548. The van der Waals surface area contributed by atoms with Gasteiger partial charge >= 0.3 is 0 Å². The molecule has 6 fully saturated rings. The van der Waals surface area contributed by atoms with E-state index in [0.29, 0.717) is 99.3 Å². The highest BCUT2D eigenvalue weighted by atomic mass is 16.3.